The first kappa shape index (κ1) is 24.1. The zero-order valence-corrected chi connectivity index (χ0v) is 19.4. The van der Waals surface area contributed by atoms with E-state index in [2.05, 4.69) is 20.9 Å². The highest BCUT2D eigenvalue weighted by atomic mass is 35.5. The Hall–Kier alpha value is -2.52. The number of hydrogen-bond donors (Lipinski definition) is 3. The second kappa shape index (κ2) is 11.9. The van der Waals surface area contributed by atoms with E-state index in [0.29, 0.717) is 55.1 Å². The molecule has 1 fully saturated rings. The molecular formula is C22H27Cl2N5O3. The largest absolute Gasteiger partial charge is 0.383 e. The number of carbonyl (C=O) groups is 2. The maximum atomic E-state index is 12.6. The minimum absolute atomic E-state index is 0.105. The molecule has 0 aromatic heterocycles. The molecule has 2 aromatic rings. The van der Waals surface area contributed by atoms with Crippen molar-refractivity contribution in [2.45, 2.75) is 0 Å². The van der Waals surface area contributed by atoms with Crippen LogP contribution in [0, 0.1) is 0 Å². The molecule has 2 aromatic carbocycles. The average Bonchev–Trinajstić information content (AvgIpc) is 2.80. The zero-order chi connectivity index (χ0) is 22.9. The molecule has 1 saturated heterocycles. The number of para-hydroxylation sites is 1. The van der Waals surface area contributed by atoms with Crippen molar-refractivity contribution in [3.63, 3.8) is 0 Å². The van der Waals surface area contributed by atoms with Gasteiger partial charge in [-0.15, -0.1) is 0 Å². The summed E-state index contributed by atoms with van der Waals surface area (Å²) in [7, 11) is 1.62. The molecular weight excluding hydrogens is 453 g/mol. The van der Waals surface area contributed by atoms with E-state index in [4.69, 9.17) is 27.9 Å². The monoisotopic (exact) mass is 479 g/mol. The molecule has 1 aliphatic heterocycles. The number of halogens is 2. The topological polar surface area (TPSA) is 85.9 Å². The second-order valence-electron chi connectivity index (χ2n) is 7.27. The van der Waals surface area contributed by atoms with Crippen molar-refractivity contribution < 1.29 is 14.3 Å². The number of methoxy groups -OCH3 is 1. The van der Waals surface area contributed by atoms with Crippen LogP contribution in [0.25, 0.3) is 0 Å². The van der Waals surface area contributed by atoms with Crippen LogP contribution in [0.15, 0.2) is 42.5 Å². The van der Waals surface area contributed by atoms with E-state index in [1.165, 1.54) is 0 Å². The lowest BCUT2D eigenvalue weighted by Crippen LogP contribution is -2.50. The average molecular weight is 480 g/mol. The van der Waals surface area contributed by atoms with Gasteiger partial charge in [0.25, 0.3) is 0 Å². The zero-order valence-electron chi connectivity index (χ0n) is 17.9. The summed E-state index contributed by atoms with van der Waals surface area (Å²) in [6.07, 6.45) is 0. The second-order valence-corrected chi connectivity index (χ2v) is 8.08. The van der Waals surface area contributed by atoms with Crippen molar-refractivity contribution in [2.24, 2.45) is 0 Å². The summed E-state index contributed by atoms with van der Waals surface area (Å²) >= 11 is 12.3. The summed E-state index contributed by atoms with van der Waals surface area (Å²) in [5.74, 6) is -0.105. The Labute approximate surface area is 197 Å². The van der Waals surface area contributed by atoms with Gasteiger partial charge < -0.3 is 30.5 Å². The van der Waals surface area contributed by atoms with E-state index >= 15 is 0 Å². The Bertz CT molecular complexity index is 898. The predicted molar refractivity (Wildman–Crippen MR) is 129 cm³/mol. The Morgan fingerprint density at radius 3 is 2.25 bits per heavy atom. The van der Waals surface area contributed by atoms with Crippen molar-refractivity contribution in [1.82, 2.24) is 10.2 Å². The van der Waals surface area contributed by atoms with Crippen molar-refractivity contribution in [2.75, 3.05) is 68.5 Å². The van der Waals surface area contributed by atoms with Crippen LogP contribution in [0.5, 0.6) is 0 Å². The third kappa shape index (κ3) is 6.74. The maximum Gasteiger partial charge on any atom is 0.322 e. The normalized spacial score (nSPS) is 13.7. The minimum atomic E-state index is -0.225. The molecule has 8 nitrogen and oxygen atoms in total. The lowest BCUT2D eigenvalue weighted by atomic mass is 10.2. The Balaban J connectivity index is 1.46. The Morgan fingerprint density at radius 1 is 0.969 bits per heavy atom. The van der Waals surface area contributed by atoms with Gasteiger partial charge in [-0.3, -0.25) is 4.79 Å². The number of ether oxygens (including phenoxy) is 1. The van der Waals surface area contributed by atoms with Crippen LogP contribution in [0.3, 0.4) is 0 Å². The number of nitrogens with one attached hydrogen (secondary N) is 3. The summed E-state index contributed by atoms with van der Waals surface area (Å²) in [4.78, 5) is 28.5. The van der Waals surface area contributed by atoms with E-state index in [9.17, 15) is 9.59 Å². The lowest BCUT2D eigenvalue weighted by molar-refractivity contribution is -0.115. The number of hydrogen-bond acceptors (Lipinski definition) is 5. The molecule has 1 aliphatic rings. The molecule has 0 bridgehead atoms. The highest BCUT2D eigenvalue weighted by Gasteiger charge is 2.22. The molecule has 10 heteroatoms. The standard InChI is InChI=1S/C22H27Cl2N5O3/c1-32-14-9-25-15-20(30)26-16-5-7-17(8-6-16)28-10-12-29(13-11-28)22(31)27-21-18(23)3-2-4-19(21)24/h2-8,25H,9-15H2,1H3,(H,26,30)(H,27,31). The smallest absolute Gasteiger partial charge is 0.322 e. The number of rotatable bonds is 8. The third-order valence-electron chi connectivity index (χ3n) is 5.05. The van der Waals surface area contributed by atoms with E-state index < -0.39 is 0 Å². The van der Waals surface area contributed by atoms with E-state index in [1.54, 1.807) is 30.2 Å². The lowest BCUT2D eigenvalue weighted by Gasteiger charge is -2.36. The van der Waals surface area contributed by atoms with Gasteiger partial charge in [0.05, 0.1) is 28.9 Å². The van der Waals surface area contributed by atoms with Gasteiger partial charge in [0, 0.05) is 51.2 Å². The van der Waals surface area contributed by atoms with Gasteiger partial charge in [0.2, 0.25) is 5.91 Å². The molecule has 0 saturated carbocycles. The van der Waals surface area contributed by atoms with Crippen LogP contribution < -0.4 is 20.9 Å². The molecule has 1 heterocycles. The summed E-state index contributed by atoms with van der Waals surface area (Å²) < 4.78 is 4.93. The van der Waals surface area contributed by atoms with Crippen molar-refractivity contribution in [1.29, 1.82) is 0 Å². The number of anilines is 3. The van der Waals surface area contributed by atoms with Gasteiger partial charge in [0.1, 0.15) is 0 Å². The highest BCUT2D eigenvalue weighted by molar-refractivity contribution is 6.39. The number of piperazine rings is 1. The number of benzene rings is 2. The van der Waals surface area contributed by atoms with Crippen LogP contribution in [-0.4, -0.2) is 69.8 Å². The molecule has 3 amide bonds. The van der Waals surface area contributed by atoms with Crippen LogP contribution in [0.4, 0.5) is 21.9 Å². The first-order chi connectivity index (χ1) is 15.5. The molecule has 3 rings (SSSR count). The van der Waals surface area contributed by atoms with Gasteiger partial charge >= 0.3 is 6.03 Å². The van der Waals surface area contributed by atoms with E-state index in [0.717, 1.165) is 11.4 Å². The fourth-order valence-corrected chi connectivity index (χ4v) is 3.80. The van der Waals surface area contributed by atoms with E-state index in [1.807, 2.05) is 24.3 Å². The first-order valence-corrected chi connectivity index (χ1v) is 11.1. The maximum absolute atomic E-state index is 12.6. The number of amides is 3. The highest BCUT2D eigenvalue weighted by Crippen LogP contribution is 2.30. The fourth-order valence-electron chi connectivity index (χ4n) is 3.31. The summed E-state index contributed by atoms with van der Waals surface area (Å²) in [5.41, 5.74) is 2.20. The summed E-state index contributed by atoms with van der Waals surface area (Å²) in [6.45, 7) is 3.94. The SMILES string of the molecule is COCCNCC(=O)Nc1ccc(N2CCN(C(=O)Nc3c(Cl)cccc3Cl)CC2)cc1. The van der Waals surface area contributed by atoms with Gasteiger partial charge in [-0.2, -0.15) is 0 Å². The molecule has 172 valence electrons. The number of nitrogens with zero attached hydrogens (tertiary/aromatic N) is 2. The van der Waals surface area contributed by atoms with Gasteiger partial charge in [-0.1, -0.05) is 29.3 Å². The van der Waals surface area contributed by atoms with Gasteiger partial charge in [-0.05, 0) is 36.4 Å². The van der Waals surface area contributed by atoms with Crippen LogP contribution >= 0.6 is 23.2 Å². The Morgan fingerprint density at radius 2 is 1.62 bits per heavy atom. The molecule has 0 spiro atoms. The Kier molecular flexibility index (Phi) is 8.99. The quantitative estimate of drug-likeness (QED) is 0.504. The number of carbonyl (C=O) groups excluding carboxylic acids is 2. The number of urea groups is 1. The predicted octanol–water partition coefficient (Wildman–Crippen LogP) is 3.52. The van der Waals surface area contributed by atoms with Crippen molar-refractivity contribution in [3.8, 4) is 0 Å². The van der Waals surface area contributed by atoms with Crippen molar-refractivity contribution >= 4 is 52.2 Å². The first-order valence-electron chi connectivity index (χ1n) is 10.3. The van der Waals surface area contributed by atoms with Gasteiger partial charge in [-0.25, -0.2) is 4.79 Å². The van der Waals surface area contributed by atoms with Crippen LogP contribution in [0.1, 0.15) is 0 Å². The third-order valence-corrected chi connectivity index (χ3v) is 5.68. The molecule has 0 unspecified atom stereocenters. The van der Waals surface area contributed by atoms with Crippen LogP contribution in [0.2, 0.25) is 10.0 Å². The summed E-state index contributed by atoms with van der Waals surface area (Å²) in [5, 5.41) is 9.48. The summed E-state index contributed by atoms with van der Waals surface area (Å²) in [6, 6.07) is 12.6. The molecule has 0 radical (unpaired) electrons. The fraction of sp³-hybridized carbons (Fsp3) is 0.364. The molecule has 32 heavy (non-hydrogen) atoms. The van der Waals surface area contributed by atoms with Crippen LogP contribution in [-0.2, 0) is 9.53 Å². The molecule has 3 N–H and O–H groups in total. The minimum Gasteiger partial charge on any atom is -0.383 e. The van der Waals surface area contributed by atoms with Crippen molar-refractivity contribution in [3.05, 3.63) is 52.5 Å². The van der Waals surface area contributed by atoms with Gasteiger partial charge in [0.15, 0.2) is 0 Å². The van der Waals surface area contributed by atoms with E-state index in [-0.39, 0.29) is 18.5 Å². The molecule has 0 aliphatic carbocycles. The molecule has 0 atom stereocenters.